The van der Waals surface area contributed by atoms with Crippen molar-refractivity contribution in [1.29, 1.82) is 0 Å². The molecule has 4 rings (SSSR count). The molecule has 0 spiro atoms. The van der Waals surface area contributed by atoms with Gasteiger partial charge in [0.1, 0.15) is 17.3 Å². The third-order valence-corrected chi connectivity index (χ3v) is 10.3. The first-order chi connectivity index (χ1) is 18.7. The van der Waals surface area contributed by atoms with Crippen LogP contribution in [0.5, 0.6) is 0 Å². The standard InChI is InChI=1S/C31H37N2O6Si/c1-30(2,3)39-29(37)24(16-20-12-14-21(15-13-20)18-38-19-40(7)31(4,5)6)32-17-25(28(32)36)33-26(34)22-10-8-9-11-23(22)27(33)35/h8-16,25H,17-19H2,1-7H3/b24-16+/t25-/m0/s1. The van der Waals surface area contributed by atoms with Gasteiger partial charge in [-0.3, -0.25) is 19.3 Å². The van der Waals surface area contributed by atoms with E-state index in [4.69, 9.17) is 9.47 Å². The molecule has 1 fully saturated rings. The monoisotopic (exact) mass is 561 g/mol. The number of carbonyl (C=O) groups is 4. The normalized spacial score (nSPS) is 17.9. The Labute approximate surface area is 237 Å². The molecule has 0 N–H and O–H groups in total. The third-order valence-electron chi connectivity index (χ3n) is 7.09. The summed E-state index contributed by atoms with van der Waals surface area (Å²) in [6.07, 6.45) is 2.35. The third kappa shape index (κ3) is 6.26. The van der Waals surface area contributed by atoms with E-state index < -0.39 is 44.1 Å². The van der Waals surface area contributed by atoms with E-state index in [0.717, 1.165) is 16.7 Å². The van der Waals surface area contributed by atoms with E-state index >= 15 is 0 Å². The number of ether oxygens (including phenoxy) is 2. The molecule has 40 heavy (non-hydrogen) atoms. The minimum atomic E-state index is -0.976. The van der Waals surface area contributed by atoms with Crippen molar-refractivity contribution in [3.63, 3.8) is 0 Å². The summed E-state index contributed by atoms with van der Waals surface area (Å²) >= 11 is 0. The Morgan fingerprint density at radius 2 is 1.52 bits per heavy atom. The van der Waals surface area contributed by atoms with Crippen LogP contribution in [0.25, 0.3) is 6.08 Å². The number of nitrogens with zero attached hydrogens (tertiary/aromatic N) is 2. The van der Waals surface area contributed by atoms with E-state index in [-0.39, 0.29) is 28.4 Å². The summed E-state index contributed by atoms with van der Waals surface area (Å²) < 4.78 is 11.5. The molecule has 2 aromatic rings. The molecule has 2 aromatic carbocycles. The molecule has 9 heteroatoms. The van der Waals surface area contributed by atoms with E-state index in [9.17, 15) is 19.2 Å². The van der Waals surface area contributed by atoms with Gasteiger partial charge in [0.25, 0.3) is 17.7 Å². The van der Waals surface area contributed by atoms with Crippen molar-refractivity contribution in [2.75, 3.05) is 12.8 Å². The summed E-state index contributed by atoms with van der Waals surface area (Å²) in [6, 6.07) is 13.1. The van der Waals surface area contributed by atoms with Gasteiger partial charge in [-0.2, -0.15) is 0 Å². The fourth-order valence-corrected chi connectivity index (χ4v) is 5.13. The predicted molar refractivity (Wildman–Crippen MR) is 154 cm³/mol. The Bertz CT molecular complexity index is 1320. The number of hydrogen-bond acceptors (Lipinski definition) is 6. The summed E-state index contributed by atoms with van der Waals surface area (Å²) in [6.45, 7) is 14.7. The molecule has 8 nitrogen and oxygen atoms in total. The number of carbonyl (C=O) groups excluding carboxylic acids is 4. The largest absolute Gasteiger partial charge is 0.455 e. The summed E-state index contributed by atoms with van der Waals surface area (Å²) in [5.74, 6) is -2.17. The topological polar surface area (TPSA) is 93.2 Å². The Hall–Kier alpha value is -3.56. The number of imide groups is 1. The molecule has 0 unspecified atom stereocenters. The van der Waals surface area contributed by atoms with Crippen LogP contribution < -0.4 is 0 Å². The van der Waals surface area contributed by atoms with Gasteiger partial charge in [0.2, 0.25) is 0 Å². The zero-order valence-corrected chi connectivity index (χ0v) is 25.2. The van der Waals surface area contributed by atoms with Crippen LogP contribution in [0, 0.1) is 0 Å². The Kier molecular flexibility index (Phi) is 8.19. The minimum Gasteiger partial charge on any atom is -0.455 e. The summed E-state index contributed by atoms with van der Waals surface area (Å²) in [7, 11) is -0.633. The fraction of sp³-hybridized carbons (Fsp3) is 0.419. The van der Waals surface area contributed by atoms with Crippen molar-refractivity contribution < 1.29 is 28.7 Å². The summed E-state index contributed by atoms with van der Waals surface area (Å²) in [4.78, 5) is 54.5. The molecule has 2 aliphatic heterocycles. The van der Waals surface area contributed by atoms with Gasteiger partial charge >= 0.3 is 5.97 Å². The van der Waals surface area contributed by atoms with Crippen LogP contribution in [0.3, 0.4) is 0 Å². The molecule has 1 saturated heterocycles. The zero-order chi connectivity index (χ0) is 29.4. The summed E-state index contributed by atoms with van der Waals surface area (Å²) in [5, 5.41) is 0.268. The van der Waals surface area contributed by atoms with Gasteiger partial charge in [-0.05, 0) is 55.1 Å². The van der Waals surface area contributed by atoms with Crippen molar-refractivity contribution >= 4 is 38.6 Å². The SMILES string of the molecule is C[Si](COCc1ccc(/C=C(\C(=O)OC(C)(C)C)N2C[C@H](N3C(=O)c4ccccc4C3=O)C2=O)cc1)C(C)(C)C. The second-order valence-corrected chi connectivity index (χ2v) is 15.6. The smallest absolute Gasteiger partial charge is 0.355 e. The average Bonchev–Trinajstić information content (AvgIpc) is 3.12. The number of amides is 3. The summed E-state index contributed by atoms with van der Waals surface area (Å²) in [5.41, 5.74) is 1.54. The van der Waals surface area contributed by atoms with E-state index in [1.54, 1.807) is 51.1 Å². The highest BCUT2D eigenvalue weighted by Gasteiger charge is 2.51. The highest BCUT2D eigenvalue weighted by molar-refractivity contribution is 6.60. The van der Waals surface area contributed by atoms with Crippen LogP contribution in [-0.4, -0.2) is 66.7 Å². The van der Waals surface area contributed by atoms with Gasteiger partial charge in [-0.1, -0.05) is 63.7 Å². The average molecular weight is 562 g/mol. The molecule has 2 aliphatic rings. The first-order valence-electron chi connectivity index (χ1n) is 13.4. The number of rotatable bonds is 8. The lowest BCUT2D eigenvalue weighted by molar-refractivity contribution is -0.158. The maximum Gasteiger partial charge on any atom is 0.355 e. The van der Waals surface area contributed by atoms with Gasteiger partial charge in [-0.25, -0.2) is 4.79 Å². The van der Waals surface area contributed by atoms with Gasteiger partial charge < -0.3 is 14.4 Å². The highest BCUT2D eigenvalue weighted by atomic mass is 28.3. The van der Waals surface area contributed by atoms with Crippen molar-refractivity contribution in [2.24, 2.45) is 0 Å². The van der Waals surface area contributed by atoms with Crippen LogP contribution in [0.4, 0.5) is 0 Å². The molecule has 3 amide bonds. The van der Waals surface area contributed by atoms with Gasteiger partial charge in [0.05, 0.1) is 33.1 Å². The lowest BCUT2D eigenvalue weighted by Gasteiger charge is -2.42. The van der Waals surface area contributed by atoms with E-state index in [1.807, 2.05) is 24.3 Å². The molecule has 0 aliphatic carbocycles. The van der Waals surface area contributed by atoms with Crippen molar-refractivity contribution in [3.05, 3.63) is 76.5 Å². The molecular formula is C31H37N2O6Si. The quantitative estimate of drug-likeness (QED) is 0.150. The molecule has 0 saturated carbocycles. The van der Waals surface area contributed by atoms with Gasteiger partial charge in [-0.15, -0.1) is 0 Å². The Balaban J connectivity index is 1.50. The van der Waals surface area contributed by atoms with E-state index in [1.165, 1.54) is 4.90 Å². The van der Waals surface area contributed by atoms with Gasteiger partial charge in [0.15, 0.2) is 0 Å². The minimum absolute atomic E-state index is 0.0100. The zero-order valence-electron chi connectivity index (χ0n) is 24.2. The number of β-lactam (4-membered cyclic amide) rings is 1. The molecule has 0 aromatic heterocycles. The lowest BCUT2D eigenvalue weighted by atomic mass is 10.0. The van der Waals surface area contributed by atoms with E-state index in [0.29, 0.717) is 12.2 Å². The number of likely N-dealkylation sites (tertiary alicyclic amines) is 1. The van der Waals surface area contributed by atoms with Crippen molar-refractivity contribution in [3.8, 4) is 0 Å². The van der Waals surface area contributed by atoms with Crippen molar-refractivity contribution in [2.45, 2.75) is 71.4 Å². The second-order valence-electron chi connectivity index (χ2n) is 12.3. The first-order valence-corrected chi connectivity index (χ1v) is 15.6. The van der Waals surface area contributed by atoms with Crippen LogP contribution >= 0.6 is 0 Å². The fourth-order valence-electron chi connectivity index (χ4n) is 4.29. The van der Waals surface area contributed by atoms with Crippen molar-refractivity contribution in [1.82, 2.24) is 9.80 Å². The predicted octanol–water partition coefficient (Wildman–Crippen LogP) is 4.86. The number of benzene rings is 2. The number of esters is 1. The molecule has 1 atom stereocenters. The lowest BCUT2D eigenvalue weighted by Crippen LogP contribution is -2.65. The molecule has 0 bridgehead atoms. The van der Waals surface area contributed by atoms with Gasteiger partial charge in [0, 0.05) is 6.23 Å². The van der Waals surface area contributed by atoms with Crippen LogP contribution in [0.2, 0.25) is 11.6 Å². The van der Waals surface area contributed by atoms with Crippen LogP contribution in [0.15, 0.2) is 54.2 Å². The van der Waals surface area contributed by atoms with Crippen LogP contribution in [-0.2, 0) is 25.7 Å². The Morgan fingerprint density at radius 1 is 0.950 bits per heavy atom. The molecule has 1 radical (unpaired) electrons. The highest BCUT2D eigenvalue weighted by Crippen LogP contribution is 2.32. The number of fused-ring (bicyclic) bond motifs is 1. The molecule has 2 heterocycles. The molecular weight excluding hydrogens is 524 g/mol. The van der Waals surface area contributed by atoms with E-state index in [2.05, 4.69) is 27.3 Å². The second kappa shape index (κ2) is 11.1. The Morgan fingerprint density at radius 3 is 2.02 bits per heavy atom. The number of hydrogen-bond donors (Lipinski definition) is 0. The maximum absolute atomic E-state index is 13.3. The maximum atomic E-state index is 13.3. The van der Waals surface area contributed by atoms with Crippen LogP contribution in [0.1, 0.15) is 73.4 Å². The molecule has 211 valence electrons. The first kappa shape index (κ1) is 29.4.